The highest BCUT2D eigenvalue weighted by Crippen LogP contribution is 2.26. The van der Waals surface area contributed by atoms with Gasteiger partial charge in [-0.05, 0) is 45.6 Å². The molecule has 0 saturated heterocycles. The molecule has 98 valence electrons. The van der Waals surface area contributed by atoms with Gasteiger partial charge in [-0.1, -0.05) is 0 Å². The second-order valence-electron chi connectivity index (χ2n) is 5.48. The Hall–Kier alpha value is -1.78. The summed E-state index contributed by atoms with van der Waals surface area (Å²) in [6.07, 6.45) is 2.20. The lowest BCUT2D eigenvalue weighted by molar-refractivity contribution is 0.0636. The number of aryl methyl sites for hydroxylation is 1. The summed E-state index contributed by atoms with van der Waals surface area (Å²) in [5.41, 5.74) is 1.77. The summed E-state index contributed by atoms with van der Waals surface area (Å²) in [7, 11) is 0. The molecule has 0 atom stereocenters. The molecule has 0 aromatic carbocycles. The zero-order valence-electron chi connectivity index (χ0n) is 10.9. The van der Waals surface area contributed by atoms with Crippen LogP contribution in [0.25, 0.3) is 0 Å². The zero-order valence-corrected chi connectivity index (χ0v) is 10.9. The topological polar surface area (TPSA) is 71.2 Å². The number of hydrogen-bond donors (Lipinski definition) is 2. The SMILES string of the molecule is CC(C)(C)OC(=O)Nc1cc(=O)[nH]c2c1CCC2. The third-order valence-electron chi connectivity index (χ3n) is 2.73. The molecule has 18 heavy (non-hydrogen) atoms. The van der Waals surface area contributed by atoms with E-state index in [4.69, 9.17) is 4.74 Å². The number of carbonyl (C=O) groups excluding carboxylic acids is 1. The summed E-state index contributed by atoms with van der Waals surface area (Å²) in [5, 5.41) is 2.66. The number of rotatable bonds is 1. The Morgan fingerprint density at radius 3 is 2.78 bits per heavy atom. The number of anilines is 1. The van der Waals surface area contributed by atoms with Crippen LogP contribution >= 0.6 is 0 Å². The third kappa shape index (κ3) is 2.91. The maximum atomic E-state index is 11.7. The summed E-state index contributed by atoms with van der Waals surface area (Å²) in [6, 6.07) is 1.41. The van der Waals surface area contributed by atoms with Crippen molar-refractivity contribution >= 4 is 11.8 Å². The zero-order chi connectivity index (χ0) is 13.3. The number of aromatic nitrogens is 1. The van der Waals surface area contributed by atoms with Gasteiger partial charge in [-0.3, -0.25) is 10.1 Å². The van der Waals surface area contributed by atoms with Gasteiger partial charge >= 0.3 is 6.09 Å². The number of fused-ring (bicyclic) bond motifs is 1. The van der Waals surface area contributed by atoms with Gasteiger partial charge in [0.1, 0.15) is 5.60 Å². The van der Waals surface area contributed by atoms with Gasteiger partial charge in [0.15, 0.2) is 0 Å². The number of pyridine rings is 1. The van der Waals surface area contributed by atoms with Crippen LogP contribution in [0.2, 0.25) is 0 Å². The molecule has 0 radical (unpaired) electrons. The molecule has 0 saturated carbocycles. The Balaban J connectivity index is 2.20. The first kappa shape index (κ1) is 12.7. The molecule has 0 spiro atoms. The molecule has 1 amide bonds. The first-order valence-electron chi connectivity index (χ1n) is 6.10. The Bertz CT molecular complexity index is 526. The molecular weight excluding hydrogens is 232 g/mol. The molecule has 5 nitrogen and oxygen atoms in total. The Morgan fingerprint density at radius 1 is 1.39 bits per heavy atom. The largest absolute Gasteiger partial charge is 0.444 e. The van der Waals surface area contributed by atoms with Gasteiger partial charge in [-0.15, -0.1) is 0 Å². The van der Waals surface area contributed by atoms with E-state index in [1.54, 1.807) is 20.8 Å². The van der Waals surface area contributed by atoms with E-state index in [1.807, 2.05) is 0 Å². The normalized spacial score (nSPS) is 14.2. The fourth-order valence-electron chi connectivity index (χ4n) is 2.11. The summed E-state index contributed by atoms with van der Waals surface area (Å²) in [6.45, 7) is 5.40. The molecule has 1 aliphatic rings. The van der Waals surface area contributed by atoms with Crippen molar-refractivity contribution in [2.24, 2.45) is 0 Å². The summed E-state index contributed by atoms with van der Waals surface area (Å²) in [4.78, 5) is 26.0. The van der Waals surface area contributed by atoms with Crippen LogP contribution in [0, 0.1) is 0 Å². The first-order chi connectivity index (χ1) is 8.35. The minimum Gasteiger partial charge on any atom is -0.444 e. The lowest BCUT2D eigenvalue weighted by Crippen LogP contribution is -2.28. The van der Waals surface area contributed by atoms with Crippen LogP contribution in [0.5, 0.6) is 0 Å². The van der Waals surface area contributed by atoms with Gasteiger partial charge in [0.2, 0.25) is 5.56 Å². The minimum atomic E-state index is -0.547. The molecule has 5 heteroatoms. The average Bonchev–Trinajstić information content (AvgIpc) is 2.61. The third-order valence-corrected chi connectivity index (χ3v) is 2.73. The van der Waals surface area contributed by atoms with Crippen molar-refractivity contribution in [3.8, 4) is 0 Å². The Kier molecular flexibility index (Phi) is 3.15. The van der Waals surface area contributed by atoms with Crippen LogP contribution < -0.4 is 10.9 Å². The van der Waals surface area contributed by atoms with Gasteiger partial charge in [0.25, 0.3) is 0 Å². The quantitative estimate of drug-likeness (QED) is 0.802. The van der Waals surface area contributed by atoms with Gasteiger partial charge in [0, 0.05) is 11.8 Å². The van der Waals surface area contributed by atoms with Crippen molar-refractivity contribution in [2.75, 3.05) is 5.32 Å². The maximum absolute atomic E-state index is 11.7. The van der Waals surface area contributed by atoms with E-state index < -0.39 is 11.7 Å². The van der Waals surface area contributed by atoms with Crippen LogP contribution in [0.15, 0.2) is 10.9 Å². The lowest BCUT2D eigenvalue weighted by Gasteiger charge is -2.20. The monoisotopic (exact) mass is 250 g/mol. The van der Waals surface area contributed by atoms with E-state index in [0.717, 1.165) is 30.5 Å². The number of nitrogens with one attached hydrogen (secondary N) is 2. The molecule has 1 aliphatic carbocycles. The smallest absolute Gasteiger partial charge is 0.412 e. The number of hydrogen-bond acceptors (Lipinski definition) is 3. The summed E-state index contributed by atoms with van der Waals surface area (Å²) < 4.78 is 5.18. The highest BCUT2D eigenvalue weighted by molar-refractivity contribution is 5.86. The molecule has 2 N–H and O–H groups in total. The Morgan fingerprint density at radius 2 is 2.11 bits per heavy atom. The second kappa shape index (κ2) is 4.48. The van der Waals surface area contributed by atoms with Gasteiger partial charge < -0.3 is 9.72 Å². The van der Waals surface area contributed by atoms with Crippen molar-refractivity contribution in [3.63, 3.8) is 0 Å². The van der Waals surface area contributed by atoms with Gasteiger partial charge in [0.05, 0.1) is 5.69 Å². The summed E-state index contributed by atoms with van der Waals surface area (Å²) >= 11 is 0. The molecule has 1 aromatic rings. The lowest BCUT2D eigenvalue weighted by atomic mass is 10.2. The predicted molar refractivity (Wildman–Crippen MR) is 68.9 cm³/mol. The van der Waals surface area contributed by atoms with Crippen molar-refractivity contribution < 1.29 is 9.53 Å². The van der Waals surface area contributed by atoms with Crippen LogP contribution in [0.1, 0.15) is 38.4 Å². The average molecular weight is 250 g/mol. The molecule has 1 heterocycles. The van der Waals surface area contributed by atoms with Crippen molar-refractivity contribution in [1.82, 2.24) is 4.98 Å². The minimum absolute atomic E-state index is 0.193. The van der Waals surface area contributed by atoms with Crippen LogP contribution in [-0.4, -0.2) is 16.7 Å². The van der Waals surface area contributed by atoms with Crippen molar-refractivity contribution in [3.05, 3.63) is 27.7 Å². The number of aromatic amines is 1. The molecular formula is C13H18N2O3. The van der Waals surface area contributed by atoms with E-state index in [0.29, 0.717) is 5.69 Å². The molecule has 1 aromatic heterocycles. The molecule has 2 rings (SSSR count). The highest BCUT2D eigenvalue weighted by Gasteiger charge is 2.20. The van der Waals surface area contributed by atoms with Crippen LogP contribution in [0.3, 0.4) is 0 Å². The second-order valence-corrected chi connectivity index (χ2v) is 5.48. The van der Waals surface area contributed by atoms with Gasteiger partial charge in [-0.25, -0.2) is 4.79 Å². The van der Waals surface area contributed by atoms with E-state index >= 15 is 0 Å². The van der Waals surface area contributed by atoms with E-state index in [1.165, 1.54) is 6.07 Å². The fraction of sp³-hybridized carbons (Fsp3) is 0.538. The highest BCUT2D eigenvalue weighted by atomic mass is 16.6. The fourth-order valence-corrected chi connectivity index (χ4v) is 2.11. The standard InChI is InChI=1S/C13H18N2O3/c1-13(2,3)18-12(17)15-10-7-11(16)14-9-6-4-5-8(9)10/h7H,4-6H2,1-3H3,(H2,14,15,16,17). The van der Waals surface area contributed by atoms with E-state index in [9.17, 15) is 9.59 Å². The summed E-state index contributed by atoms with van der Waals surface area (Å²) in [5.74, 6) is 0. The molecule has 0 fully saturated rings. The van der Waals surface area contributed by atoms with Crippen molar-refractivity contribution in [2.45, 2.75) is 45.6 Å². The van der Waals surface area contributed by atoms with Crippen molar-refractivity contribution in [1.29, 1.82) is 0 Å². The van der Waals surface area contributed by atoms with Crippen LogP contribution in [-0.2, 0) is 17.6 Å². The number of carbonyl (C=O) groups is 1. The van der Waals surface area contributed by atoms with Crippen LogP contribution in [0.4, 0.5) is 10.5 Å². The maximum Gasteiger partial charge on any atom is 0.412 e. The molecule has 0 bridgehead atoms. The number of amides is 1. The molecule has 0 unspecified atom stereocenters. The predicted octanol–water partition coefficient (Wildman–Crippen LogP) is 2.21. The molecule has 0 aliphatic heterocycles. The van der Waals surface area contributed by atoms with Gasteiger partial charge in [-0.2, -0.15) is 0 Å². The van der Waals surface area contributed by atoms with E-state index in [2.05, 4.69) is 10.3 Å². The number of H-pyrrole nitrogens is 1. The first-order valence-corrected chi connectivity index (χ1v) is 6.10. The van der Waals surface area contributed by atoms with E-state index in [-0.39, 0.29) is 5.56 Å². The number of ether oxygens (including phenoxy) is 1. The Labute approximate surface area is 106 Å².